The molecule has 1 aromatic rings. The number of para-hydroxylation sites is 1. The van der Waals surface area contributed by atoms with Crippen LogP contribution in [0.1, 0.15) is 10.4 Å². The van der Waals surface area contributed by atoms with Gasteiger partial charge in [0.1, 0.15) is 11.6 Å². The van der Waals surface area contributed by atoms with Gasteiger partial charge in [0.05, 0.1) is 5.56 Å². The van der Waals surface area contributed by atoms with Crippen LogP contribution >= 0.6 is 0 Å². The lowest BCUT2D eigenvalue weighted by Crippen LogP contribution is -2.12. The van der Waals surface area contributed by atoms with Gasteiger partial charge in [0.2, 0.25) is 0 Å². The summed E-state index contributed by atoms with van der Waals surface area (Å²) in [6.07, 6.45) is 1.46. The summed E-state index contributed by atoms with van der Waals surface area (Å²) in [5.41, 5.74) is 0.320. The predicted octanol–water partition coefficient (Wildman–Crippen LogP) is 0.609. The van der Waals surface area contributed by atoms with Gasteiger partial charge in [-0.2, -0.15) is 0 Å². The molecule has 1 heterocycles. The van der Waals surface area contributed by atoms with Gasteiger partial charge < -0.3 is 15.7 Å². The van der Waals surface area contributed by atoms with Crippen molar-refractivity contribution in [1.29, 1.82) is 0 Å². The molecule has 0 bridgehead atoms. The average molecular weight is 204 g/mol. The van der Waals surface area contributed by atoms with E-state index < -0.39 is 0 Å². The molecule has 78 valence electrons. The third-order valence-corrected chi connectivity index (χ3v) is 2.20. The molecule has 0 atom stereocenters. The number of allylic oxidation sites excluding steroid dienone is 1. The lowest BCUT2D eigenvalue weighted by molar-refractivity contribution is 0.104. The SMILES string of the molecule is O=C(C=C1NCCN1)c1ccccc1O. The standard InChI is InChI=1S/C11H12N2O2/c14-9-4-2-1-3-8(9)10(15)7-11-12-5-6-13-11/h1-4,7,12-14H,5-6H2. The molecule has 0 aromatic heterocycles. The molecule has 4 nitrogen and oxygen atoms in total. The summed E-state index contributed by atoms with van der Waals surface area (Å²) in [4.78, 5) is 11.7. The molecule has 1 aliphatic heterocycles. The zero-order chi connectivity index (χ0) is 10.7. The Labute approximate surface area is 87.6 Å². The van der Waals surface area contributed by atoms with Crippen LogP contribution in [-0.2, 0) is 0 Å². The number of carbonyl (C=O) groups excluding carboxylic acids is 1. The average Bonchev–Trinajstić information content (AvgIpc) is 2.71. The Morgan fingerprint density at radius 2 is 1.93 bits per heavy atom. The first-order valence-corrected chi connectivity index (χ1v) is 4.79. The molecule has 0 aliphatic carbocycles. The molecule has 15 heavy (non-hydrogen) atoms. The van der Waals surface area contributed by atoms with E-state index in [9.17, 15) is 9.90 Å². The van der Waals surface area contributed by atoms with Gasteiger partial charge in [-0.05, 0) is 12.1 Å². The van der Waals surface area contributed by atoms with Crippen LogP contribution in [0.5, 0.6) is 5.75 Å². The van der Waals surface area contributed by atoms with Gasteiger partial charge in [-0.25, -0.2) is 0 Å². The van der Waals surface area contributed by atoms with Gasteiger partial charge in [-0.15, -0.1) is 0 Å². The molecule has 0 saturated carbocycles. The van der Waals surface area contributed by atoms with Crippen molar-refractivity contribution in [3.8, 4) is 5.75 Å². The first-order valence-electron chi connectivity index (χ1n) is 4.79. The van der Waals surface area contributed by atoms with E-state index in [2.05, 4.69) is 10.6 Å². The molecule has 4 heteroatoms. The summed E-state index contributed by atoms with van der Waals surface area (Å²) < 4.78 is 0. The number of nitrogens with one attached hydrogen (secondary N) is 2. The molecule has 2 rings (SSSR count). The Balaban J connectivity index is 2.21. The van der Waals surface area contributed by atoms with Crippen molar-refractivity contribution in [1.82, 2.24) is 10.6 Å². The van der Waals surface area contributed by atoms with Crippen molar-refractivity contribution in [3.63, 3.8) is 0 Å². The molecule has 0 unspecified atom stereocenters. The minimum absolute atomic E-state index is 0.0114. The number of rotatable bonds is 2. The minimum atomic E-state index is -0.204. The van der Waals surface area contributed by atoms with Crippen molar-refractivity contribution in [2.24, 2.45) is 0 Å². The molecular weight excluding hydrogens is 192 g/mol. The number of ketones is 1. The first kappa shape index (κ1) is 9.58. The molecule has 1 fully saturated rings. The van der Waals surface area contributed by atoms with E-state index in [1.54, 1.807) is 18.2 Å². The Morgan fingerprint density at radius 1 is 1.27 bits per heavy atom. The summed E-state index contributed by atoms with van der Waals surface area (Å²) in [7, 11) is 0. The lowest BCUT2D eigenvalue weighted by atomic mass is 10.1. The normalized spacial score (nSPS) is 14.3. The van der Waals surface area contributed by atoms with Crippen molar-refractivity contribution >= 4 is 5.78 Å². The molecule has 0 radical (unpaired) electrons. The van der Waals surface area contributed by atoms with Gasteiger partial charge in [-0.1, -0.05) is 12.1 Å². The predicted molar refractivity (Wildman–Crippen MR) is 56.5 cm³/mol. The van der Waals surface area contributed by atoms with E-state index in [1.807, 2.05) is 0 Å². The highest BCUT2D eigenvalue weighted by Gasteiger charge is 2.10. The van der Waals surface area contributed by atoms with Gasteiger partial charge in [0, 0.05) is 19.2 Å². The lowest BCUT2D eigenvalue weighted by Gasteiger charge is -2.01. The highest BCUT2D eigenvalue weighted by Crippen LogP contribution is 2.16. The van der Waals surface area contributed by atoms with Gasteiger partial charge in [0.15, 0.2) is 5.78 Å². The Morgan fingerprint density at radius 3 is 2.60 bits per heavy atom. The summed E-state index contributed by atoms with van der Waals surface area (Å²) in [6.45, 7) is 1.64. The second kappa shape index (κ2) is 4.04. The second-order valence-electron chi connectivity index (χ2n) is 3.29. The molecule has 1 aromatic carbocycles. The number of aromatic hydroxyl groups is 1. The molecule has 3 N–H and O–H groups in total. The second-order valence-corrected chi connectivity index (χ2v) is 3.29. The van der Waals surface area contributed by atoms with Crippen molar-refractivity contribution in [2.75, 3.05) is 13.1 Å². The van der Waals surface area contributed by atoms with Crippen LogP contribution in [0.25, 0.3) is 0 Å². The smallest absolute Gasteiger partial charge is 0.193 e. The Kier molecular flexibility index (Phi) is 2.58. The quantitative estimate of drug-likeness (QED) is 0.488. The zero-order valence-electron chi connectivity index (χ0n) is 8.16. The van der Waals surface area contributed by atoms with E-state index in [0.29, 0.717) is 11.4 Å². The largest absolute Gasteiger partial charge is 0.507 e. The van der Waals surface area contributed by atoms with Crippen molar-refractivity contribution < 1.29 is 9.90 Å². The fourth-order valence-corrected chi connectivity index (χ4v) is 1.45. The van der Waals surface area contributed by atoms with Crippen LogP contribution in [0.3, 0.4) is 0 Å². The number of phenolic OH excluding ortho intramolecular Hbond substituents is 1. The summed E-state index contributed by atoms with van der Waals surface area (Å²) in [5.74, 6) is 0.519. The van der Waals surface area contributed by atoms with Crippen LogP contribution < -0.4 is 10.6 Å². The zero-order valence-corrected chi connectivity index (χ0v) is 8.16. The maximum absolute atomic E-state index is 11.7. The number of hydrogen-bond acceptors (Lipinski definition) is 4. The van der Waals surface area contributed by atoms with Crippen LogP contribution in [0.15, 0.2) is 36.2 Å². The van der Waals surface area contributed by atoms with E-state index in [0.717, 1.165) is 13.1 Å². The summed E-state index contributed by atoms with van der Waals surface area (Å²) in [6, 6.07) is 6.51. The Hall–Kier alpha value is -1.97. The number of benzene rings is 1. The third-order valence-electron chi connectivity index (χ3n) is 2.20. The first-order chi connectivity index (χ1) is 7.27. The topological polar surface area (TPSA) is 61.4 Å². The van der Waals surface area contributed by atoms with Crippen molar-refractivity contribution in [3.05, 3.63) is 41.7 Å². The fraction of sp³-hybridized carbons (Fsp3) is 0.182. The highest BCUT2D eigenvalue weighted by atomic mass is 16.3. The van der Waals surface area contributed by atoms with Gasteiger partial charge in [-0.3, -0.25) is 4.79 Å². The summed E-state index contributed by atoms with van der Waals surface area (Å²) >= 11 is 0. The molecule has 0 spiro atoms. The van der Waals surface area contributed by atoms with E-state index in [-0.39, 0.29) is 11.5 Å². The molecule has 0 amide bonds. The summed E-state index contributed by atoms with van der Waals surface area (Å²) in [5, 5.41) is 15.5. The highest BCUT2D eigenvalue weighted by molar-refractivity contribution is 6.06. The minimum Gasteiger partial charge on any atom is -0.507 e. The molecule has 1 aliphatic rings. The maximum atomic E-state index is 11.7. The number of hydrogen-bond donors (Lipinski definition) is 3. The number of phenols is 1. The van der Waals surface area contributed by atoms with Crippen LogP contribution in [0, 0.1) is 0 Å². The third kappa shape index (κ3) is 2.10. The van der Waals surface area contributed by atoms with Gasteiger partial charge >= 0.3 is 0 Å². The monoisotopic (exact) mass is 204 g/mol. The molecular formula is C11H12N2O2. The molecule has 1 saturated heterocycles. The Bertz CT molecular complexity index is 405. The van der Waals surface area contributed by atoms with E-state index in [1.165, 1.54) is 12.1 Å². The van der Waals surface area contributed by atoms with Gasteiger partial charge in [0.25, 0.3) is 0 Å². The number of carbonyl (C=O) groups is 1. The van der Waals surface area contributed by atoms with Crippen LogP contribution in [0.4, 0.5) is 0 Å². The van der Waals surface area contributed by atoms with Crippen LogP contribution in [-0.4, -0.2) is 24.0 Å². The van der Waals surface area contributed by atoms with Crippen molar-refractivity contribution in [2.45, 2.75) is 0 Å². The maximum Gasteiger partial charge on any atom is 0.193 e. The van der Waals surface area contributed by atoms with E-state index in [4.69, 9.17) is 0 Å². The van der Waals surface area contributed by atoms with Crippen LogP contribution in [0.2, 0.25) is 0 Å². The van der Waals surface area contributed by atoms with E-state index >= 15 is 0 Å². The fourth-order valence-electron chi connectivity index (χ4n) is 1.45.